The Labute approximate surface area is 121 Å². The lowest BCUT2D eigenvalue weighted by Gasteiger charge is -2.22. The summed E-state index contributed by atoms with van der Waals surface area (Å²) in [5.74, 6) is 1.18. The predicted octanol–water partition coefficient (Wildman–Crippen LogP) is 2.02. The monoisotopic (exact) mass is 297 g/mol. The van der Waals surface area contributed by atoms with E-state index in [1.54, 1.807) is 12.1 Å². The Morgan fingerprint density at radius 3 is 2.50 bits per heavy atom. The average molecular weight is 297 g/mol. The van der Waals surface area contributed by atoms with Crippen molar-refractivity contribution >= 4 is 21.4 Å². The molecule has 0 amide bonds. The zero-order valence-corrected chi connectivity index (χ0v) is 13.0. The first-order chi connectivity index (χ1) is 9.35. The van der Waals surface area contributed by atoms with Crippen molar-refractivity contribution in [3.63, 3.8) is 0 Å². The minimum atomic E-state index is -3.52. The van der Waals surface area contributed by atoms with E-state index < -0.39 is 10.0 Å². The van der Waals surface area contributed by atoms with Gasteiger partial charge in [0.1, 0.15) is 4.90 Å². The Morgan fingerprint density at radius 1 is 1.25 bits per heavy atom. The van der Waals surface area contributed by atoms with Gasteiger partial charge in [-0.1, -0.05) is 13.8 Å². The summed E-state index contributed by atoms with van der Waals surface area (Å²) in [7, 11) is -2.11. The summed E-state index contributed by atoms with van der Waals surface area (Å²) < 4.78 is 26.5. The molecular weight excluding hydrogens is 274 g/mol. The molecule has 2 rings (SSSR count). The maximum absolute atomic E-state index is 12.1. The number of benzene rings is 1. The van der Waals surface area contributed by atoms with Gasteiger partial charge in [0, 0.05) is 11.7 Å². The third-order valence-electron chi connectivity index (χ3n) is 4.37. The van der Waals surface area contributed by atoms with Gasteiger partial charge in [0.2, 0.25) is 10.0 Å². The van der Waals surface area contributed by atoms with Gasteiger partial charge >= 0.3 is 0 Å². The summed E-state index contributed by atoms with van der Waals surface area (Å²) in [6, 6.07) is 5.27. The van der Waals surface area contributed by atoms with Gasteiger partial charge in [-0.3, -0.25) is 0 Å². The van der Waals surface area contributed by atoms with Crippen molar-refractivity contribution < 1.29 is 8.42 Å². The van der Waals surface area contributed by atoms with Gasteiger partial charge in [-0.05, 0) is 49.9 Å². The first-order valence-electron chi connectivity index (χ1n) is 6.94. The molecule has 1 aromatic rings. The number of nitrogens with one attached hydrogen (secondary N) is 2. The zero-order valence-electron chi connectivity index (χ0n) is 12.2. The molecule has 3 unspecified atom stereocenters. The molecule has 0 bridgehead atoms. The smallest absolute Gasteiger partial charge is 0.242 e. The lowest BCUT2D eigenvalue weighted by Crippen LogP contribution is -2.26. The second-order valence-corrected chi connectivity index (χ2v) is 7.48. The van der Waals surface area contributed by atoms with Crippen LogP contribution in [-0.4, -0.2) is 21.5 Å². The van der Waals surface area contributed by atoms with Crippen molar-refractivity contribution in [2.45, 2.75) is 37.6 Å². The fraction of sp³-hybridized carbons (Fsp3) is 0.571. The van der Waals surface area contributed by atoms with Gasteiger partial charge < -0.3 is 11.1 Å². The molecule has 3 atom stereocenters. The molecule has 0 heterocycles. The van der Waals surface area contributed by atoms with E-state index in [9.17, 15) is 8.42 Å². The molecule has 0 spiro atoms. The molecule has 112 valence electrons. The average Bonchev–Trinajstić information content (AvgIpc) is 2.72. The van der Waals surface area contributed by atoms with Crippen molar-refractivity contribution in [2.75, 3.05) is 18.1 Å². The Morgan fingerprint density at radius 2 is 1.95 bits per heavy atom. The highest BCUT2D eigenvalue weighted by atomic mass is 32.2. The Hall–Kier alpha value is -1.27. The van der Waals surface area contributed by atoms with Crippen LogP contribution in [0.4, 0.5) is 11.4 Å². The van der Waals surface area contributed by atoms with Crippen molar-refractivity contribution in [1.82, 2.24) is 4.72 Å². The molecule has 0 aliphatic heterocycles. The number of nitrogen functional groups attached to an aromatic ring is 1. The molecule has 0 radical (unpaired) electrons. The van der Waals surface area contributed by atoms with Crippen LogP contribution in [0, 0.1) is 11.8 Å². The zero-order chi connectivity index (χ0) is 14.9. The normalized spacial score (nSPS) is 26.6. The number of sulfonamides is 1. The summed E-state index contributed by atoms with van der Waals surface area (Å²) in [5.41, 5.74) is 6.78. The second-order valence-electron chi connectivity index (χ2n) is 5.63. The van der Waals surface area contributed by atoms with Crippen LogP contribution in [0.3, 0.4) is 0 Å². The largest absolute Gasteiger partial charge is 0.399 e. The third-order valence-corrected chi connectivity index (χ3v) is 5.82. The Bertz CT molecular complexity index is 586. The van der Waals surface area contributed by atoms with E-state index in [1.807, 2.05) is 0 Å². The molecular formula is C14H23N3O2S. The van der Waals surface area contributed by atoms with Crippen LogP contribution >= 0.6 is 0 Å². The quantitative estimate of drug-likeness (QED) is 0.742. The topological polar surface area (TPSA) is 84.2 Å². The molecule has 6 heteroatoms. The van der Waals surface area contributed by atoms with E-state index in [0.29, 0.717) is 29.3 Å². The number of hydrogen-bond acceptors (Lipinski definition) is 4. The third kappa shape index (κ3) is 2.91. The molecule has 20 heavy (non-hydrogen) atoms. The molecule has 0 saturated heterocycles. The van der Waals surface area contributed by atoms with Crippen molar-refractivity contribution in [3.8, 4) is 0 Å². The minimum Gasteiger partial charge on any atom is -0.399 e. The van der Waals surface area contributed by atoms with Crippen molar-refractivity contribution in [3.05, 3.63) is 18.2 Å². The van der Waals surface area contributed by atoms with Gasteiger partial charge in [0.05, 0.1) is 5.69 Å². The summed E-state index contributed by atoms with van der Waals surface area (Å²) in [4.78, 5) is 0.215. The molecule has 1 fully saturated rings. The van der Waals surface area contributed by atoms with E-state index in [2.05, 4.69) is 23.9 Å². The van der Waals surface area contributed by atoms with E-state index in [-0.39, 0.29) is 4.90 Å². The Kier molecular flexibility index (Phi) is 4.25. The van der Waals surface area contributed by atoms with Crippen LogP contribution < -0.4 is 15.8 Å². The summed E-state index contributed by atoms with van der Waals surface area (Å²) in [5, 5.41) is 3.38. The fourth-order valence-electron chi connectivity index (χ4n) is 2.76. The molecule has 0 aromatic heterocycles. The van der Waals surface area contributed by atoms with Crippen LogP contribution in [0.25, 0.3) is 0 Å². The second kappa shape index (κ2) is 5.61. The van der Waals surface area contributed by atoms with Crippen LogP contribution in [0.1, 0.15) is 26.7 Å². The maximum atomic E-state index is 12.1. The Balaban J connectivity index is 2.33. The highest BCUT2D eigenvalue weighted by Gasteiger charge is 2.30. The van der Waals surface area contributed by atoms with E-state index in [1.165, 1.54) is 19.5 Å². The standard InChI is InChI=1S/C14H23N3O2S/c1-9-4-6-12(10(9)2)17-13-7-5-11(15)8-14(13)20(18,19)16-3/h5,7-10,12,16-17H,4,6,15H2,1-3H3. The first-order valence-corrected chi connectivity index (χ1v) is 8.43. The predicted molar refractivity (Wildman–Crippen MR) is 82.1 cm³/mol. The lowest BCUT2D eigenvalue weighted by atomic mass is 9.97. The van der Waals surface area contributed by atoms with Gasteiger partial charge in [-0.15, -0.1) is 0 Å². The summed E-state index contributed by atoms with van der Waals surface area (Å²) in [6.07, 6.45) is 2.23. The van der Waals surface area contributed by atoms with Crippen molar-refractivity contribution in [1.29, 1.82) is 0 Å². The van der Waals surface area contributed by atoms with Gasteiger partial charge in [-0.25, -0.2) is 13.1 Å². The molecule has 5 nitrogen and oxygen atoms in total. The van der Waals surface area contributed by atoms with E-state index in [0.717, 1.165) is 6.42 Å². The lowest BCUT2D eigenvalue weighted by molar-refractivity contribution is 0.435. The SMILES string of the molecule is CNS(=O)(=O)c1cc(N)ccc1NC1CCC(C)C1C. The number of hydrogen-bond donors (Lipinski definition) is 3. The van der Waals surface area contributed by atoms with Crippen LogP contribution in [0.2, 0.25) is 0 Å². The van der Waals surface area contributed by atoms with Crippen LogP contribution in [-0.2, 0) is 10.0 Å². The molecule has 1 saturated carbocycles. The number of nitrogens with two attached hydrogens (primary N) is 1. The van der Waals surface area contributed by atoms with Gasteiger partial charge in [-0.2, -0.15) is 0 Å². The first kappa shape index (κ1) is 15.1. The molecule has 1 aliphatic carbocycles. The van der Waals surface area contributed by atoms with E-state index in [4.69, 9.17) is 5.73 Å². The fourth-order valence-corrected chi connectivity index (χ4v) is 3.69. The molecule has 1 aromatic carbocycles. The number of anilines is 2. The minimum absolute atomic E-state index is 0.215. The van der Waals surface area contributed by atoms with Gasteiger partial charge in [0.15, 0.2) is 0 Å². The van der Waals surface area contributed by atoms with E-state index >= 15 is 0 Å². The summed E-state index contributed by atoms with van der Waals surface area (Å²) in [6.45, 7) is 4.44. The molecule has 1 aliphatic rings. The van der Waals surface area contributed by atoms with Gasteiger partial charge in [0.25, 0.3) is 0 Å². The highest BCUT2D eigenvalue weighted by Crippen LogP contribution is 2.35. The van der Waals surface area contributed by atoms with Crippen LogP contribution in [0.15, 0.2) is 23.1 Å². The summed E-state index contributed by atoms with van der Waals surface area (Å²) >= 11 is 0. The maximum Gasteiger partial charge on any atom is 0.242 e. The van der Waals surface area contributed by atoms with Crippen molar-refractivity contribution in [2.24, 2.45) is 11.8 Å². The number of rotatable bonds is 4. The van der Waals surface area contributed by atoms with Crippen LogP contribution in [0.5, 0.6) is 0 Å². The highest BCUT2D eigenvalue weighted by molar-refractivity contribution is 7.89. The molecule has 4 N–H and O–H groups in total.